The van der Waals surface area contributed by atoms with Crippen LogP contribution in [0.3, 0.4) is 0 Å². The van der Waals surface area contributed by atoms with Crippen molar-refractivity contribution in [3.05, 3.63) is 68.6 Å². The molecule has 318 valence electrons. The van der Waals surface area contributed by atoms with E-state index in [0.29, 0.717) is 43.9 Å². The number of epoxide rings is 1. The fraction of sp³-hybridized carbons (Fsp3) is 0.712. The second kappa shape index (κ2) is 13.1. The average molecular weight is 803 g/mol. The monoisotopic (exact) mass is 803 g/mol. The zero-order valence-electron chi connectivity index (χ0n) is 37.5. The van der Waals surface area contributed by atoms with Crippen molar-refractivity contribution in [1.29, 1.82) is 0 Å². The minimum absolute atomic E-state index is 0.0630. The van der Waals surface area contributed by atoms with Gasteiger partial charge in [-0.15, -0.1) is 0 Å². The lowest BCUT2D eigenvalue weighted by atomic mass is 9.33. The van der Waals surface area contributed by atoms with Crippen molar-refractivity contribution in [2.24, 2.45) is 55.7 Å². The molecule has 11 unspecified atom stereocenters. The number of aliphatic hydroxyl groups is 2. The van der Waals surface area contributed by atoms with E-state index < -0.39 is 23.0 Å². The highest BCUT2D eigenvalue weighted by atomic mass is 16.6. The number of ether oxygens (including phenoxy) is 1. The second-order valence-corrected chi connectivity index (χ2v) is 23.1. The van der Waals surface area contributed by atoms with Crippen LogP contribution in [0.25, 0.3) is 0 Å². The molecule has 0 amide bonds. The van der Waals surface area contributed by atoms with Crippen LogP contribution in [0.2, 0.25) is 0 Å². The molecule has 1 aromatic carbocycles. The Balaban J connectivity index is 1.12. The van der Waals surface area contributed by atoms with Crippen LogP contribution < -0.4 is 0 Å². The molecule has 4 heterocycles. The van der Waals surface area contributed by atoms with Gasteiger partial charge in [0, 0.05) is 54.5 Å². The van der Waals surface area contributed by atoms with Gasteiger partial charge in [0.05, 0.1) is 29.2 Å². The quantitative estimate of drug-likeness (QED) is 0.278. The van der Waals surface area contributed by atoms with Crippen molar-refractivity contribution < 1.29 is 24.5 Å². The predicted molar refractivity (Wildman–Crippen MR) is 232 cm³/mol. The van der Waals surface area contributed by atoms with Gasteiger partial charge in [-0.05, 0) is 142 Å². The molecule has 0 bridgehead atoms. The summed E-state index contributed by atoms with van der Waals surface area (Å²) in [5.41, 5.74) is 8.30. The van der Waals surface area contributed by atoms with Crippen molar-refractivity contribution in [2.75, 3.05) is 13.1 Å². The number of benzene rings is 1. The number of hydrogen-bond donors (Lipinski definition) is 2. The summed E-state index contributed by atoms with van der Waals surface area (Å²) >= 11 is 0. The van der Waals surface area contributed by atoms with Gasteiger partial charge in [-0.3, -0.25) is 14.6 Å². The van der Waals surface area contributed by atoms with Gasteiger partial charge in [-0.2, -0.15) is 0 Å². The van der Waals surface area contributed by atoms with Gasteiger partial charge in [0.25, 0.3) is 0 Å². The molecule has 7 heteroatoms. The highest BCUT2D eigenvalue weighted by molar-refractivity contribution is 6.02. The first-order valence-corrected chi connectivity index (χ1v) is 23.4. The standard InChI is InChI=1S/C52H70N2O5/c1-29-20-30(2)22-31(21-29)23-33-27-54-28-35-40-41(48(5,24-37(56)46-47(3,4)59-46)17-14-32-26-53-42(33)43(32)54)36(55)25-51(40,8)50(7)19-15-38-49(6,45(50)44(35)58)18-16-39(57)52(38,9)34-12-10-11-13-34/h20-22,26,34-35,37-38,44-46,56,58H,10-19,23-25,27-28H2,1-9H3. The third kappa shape index (κ3) is 5.57. The van der Waals surface area contributed by atoms with Crippen LogP contribution in [0, 0.1) is 64.6 Å². The Bertz CT molecular complexity index is 2130. The van der Waals surface area contributed by atoms with Crippen molar-refractivity contribution >= 4 is 17.8 Å². The van der Waals surface area contributed by atoms with Crippen LogP contribution in [0.1, 0.15) is 142 Å². The SMILES string of the molecule is Cc1cc(C)cc(CC2=C3N=CC4=C3N(C2)CC2C3=C(C(=O)CC3(C)C3(C)CCC5C(C)(CCC(=O)C5(C)C5CCCC5)C3C2O)C(C)(CC(O)C2OC2(C)C)CC4)c1. The maximum Gasteiger partial charge on any atom is 0.160 e. The largest absolute Gasteiger partial charge is 0.392 e. The van der Waals surface area contributed by atoms with Gasteiger partial charge < -0.3 is 19.8 Å². The minimum Gasteiger partial charge on any atom is -0.392 e. The molecule has 4 saturated carbocycles. The molecule has 10 rings (SSSR count). The predicted octanol–water partition coefficient (Wildman–Crippen LogP) is 9.35. The molecule has 0 radical (unpaired) electrons. The zero-order chi connectivity index (χ0) is 41.8. The molecule has 7 nitrogen and oxygen atoms in total. The number of nitrogens with zero attached hydrogens (tertiary/aromatic N) is 2. The number of Topliss-reactive ketones (excluding diaryl/α,β-unsaturated/α-hetero) is 2. The maximum absolute atomic E-state index is 15.3. The smallest absolute Gasteiger partial charge is 0.160 e. The summed E-state index contributed by atoms with van der Waals surface area (Å²) < 4.78 is 6.04. The highest BCUT2D eigenvalue weighted by Gasteiger charge is 2.73. The molecule has 59 heavy (non-hydrogen) atoms. The van der Waals surface area contributed by atoms with E-state index in [1.807, 2.05) is 13.8 Å². The Morgan fingerprint density at radius 1 is 0.932 bits per heavy atom. The number of rotatable bonds is 6. The first-order chi connectivity index (χ1) is 27.7. The minimum atomic E-state index is -0.707. The van der Waals surface area contributed by atoms with E-state index >= 15 is 4.79 Å². The Kier molecular flexibility index (Phi) is 8.92. The summed E-state index contributed by atoms with van der Waals surface area (Å²) in [6, 6.07) is 6.83. The van der Waals surface area contributed by atoms with Crippen LogP contribution in [0.15, 0.2) is 56.9 Å². The summed E-state index contributed by atoms with van der Waals surface area (Å²) in [6.07, 6.45) is 11.5. The topological polar surface area (TPSA) is 103 Å². The maximum atomic E-state index is 15.3. The molecule has 4 aliphatic heterocycles. The molecule has 2 N–H and O–H groups in total. The first-order valence-electron chi connectivity index (χ1n) is 23.4. The summed E-state index contributed by atoms with van der Waals surface area (Å²) in [5.74, 6) is 0.946. The van der Waals surface area contributed by atoms with Crippen molar-refractivity contribution in [3.8, 4) is 0 Å². The molecular weight excluding hydrogens is 733 g/mol. The third-order valence-corrected chi connectivity index (χ3v) is 19.3. The number of fused-ring (bicyclic) bond motifs is 4. The summed E-state index contributed by atoms with van der Waals surface area (Å²) in [6.45, 7) is 21.6. The van der Waals surface area contributed by atoms with Gasteiger partial charge in [0.2, 0.25) is 0 Å². The third-order valence-electron chi connectivity index (χ3n) is 19.3. The van der Waals surface area contributed by atoms with E-state index in [-0.39, 0.29) is 51.5 Å². The number of carbonyl (C=O) groups excluding carboxylic acids is 2. The normalized spacial score (nSPS) is 43.0. The van der Waals surface area contributed by atoms with Crippen LogP contribution in [0.4, 0.5) is 0 Å². The van der Waals surface area contributed by atoms with E-state index in [4.69, 9.17) is 9.73 Å². The first kappa shape index (κ1) is 40.2. The molecule has 5 fully saturated rings. The Morgan fingerprint density at radius 3 is 2.31 bits per heavy atom. The van der Waals surface area contributed by atoms with E-state index in [0.717, 1.165) is 62.8 Å². The van der Waals surface area contributed by atoms with Crippen molar-refractivity contribution in [3.63, 3.8) is 0 Å². The van der Waals surface area contributed by atoms with E-state index in [1.54, 1.807) is 0 Å². The molecule has 1 aromatic rings. The number of aryl methyl sites for hydroxylation is 2. The number of ketones is 2. The zero-order valence-corrected chi connectivity index (χ0v) is 37.5. The Morgan fingerprint density at radius 2 is 1.63 bits per heavy atom. The van der Waals surface area contributed by atoms with Crippen molar-refractivity contribution in [2.45, 2.75) is 170 Å². The Hall–Kier alpha value is -2.87. The highest BCUT2D eigenvalue weighted by Crippen LogP contribution is 2.76. The van der Waals surface area contributed by atoms with Gasteiger partial charge in [0.15, 0.2) is 5.78 Å². The number of allylic oxidation sites excluding steroid dienone is 2. The summed E-state index contributed by atoms with van der Waals surface area (Å²) in [5, 5.41) is 25.6. The fourth-order valence-electron chi connectivity index (χ4n) is 16.4. The van der Waals surface area contributed by atoms with Gasteiger partial charge >= 0.3 is 0 Å². The lowest BCUT2D eigenvalue weighted by Gasteiger charge is -2.71. The van der Waals surface area contributed by atoms with E-state index in [1.165, 1.54) is 51.9 Å². The lowest BCUT2D eigenvalue weighted by molar-refractivity contribution is -0.226. The molecule has 0 spiro atoms. The number of aliphatic imine (C=N–C) groups is 1. The molecular formula is C52H70N2O5. The number of carbonyl (C=O) groups is 2. The second-order valence-electron chi connectivity index (χ2n) is 23.1. The van der Waals surface area contributed by atoms with Gasteiger partial charge in [0.1, 0.15) is 11.9 Å². The molecule has 1 saturated heterocycles. The summed E-state index contributed by atoms with van der Waals surface area (Å²) in [7, 11) is 0. The number of aliphatic hydroxyl groups excluding tert-OH is 2. The van der Waals surface area contributed by atoms with Crippen LogP contribution in [-0.2, 0) is 20.7 Å². The van der Waals surface area contributed by atoms with E-state index in [9.17, 15) is 15.0 Å². The molecule has 11 atom stereocenters. The van der Waals surface area contributed by atoms with E-state index in [2.05, 4.69) is 77.8 Å². The van der Waals surface area contributed by atoms with Crippen LogP contribution in [0.5, 0.6) is 0 Å². The molecule has 0 aromatic heterocycles. The lowest BCUT2D eigenvalue weighted by Crippen LogP contribution is -2.69. The number of hydrogen-bond acceptors (Lipinski definition) is 7. The molecule has 5 aliphatic carbocycles. The average Bonchev–Trinajstić information content (AvgIpc) is 3.70. The van der Waals surface area contributed by atoms with Gasteiger partial charge in [-0.25, -0.2) is 0 Å². The van der Waals surface area contributed by atoms with Gasteiger partial charge in [-0.1, -0.05) is 76.8 Å². The van der Waals surface area contributed by atoms with Crippen LogP contribution in [-0.4, -0.2) is 69.9 Å². The summed E-state index contributed by atoms with van der Waals surface area (Å²) in [4.78, 5) is 37.3. The molecule has 9 aliphatic rings. The fourth-order valence-corrected chi connectivity index (χ4v) is 16.4. The Labute approximate surface area is 353 Å². The van der Waals surface area contributed by atoms with Crippen LogP contribution >= 0.6 is 0 Å². The van der Waals surface area contributed by atoms with Crippen molar-refractivity contribution in [1.82, 2.24) is 4.90 Å².